The average molecular weight is 225 g/mol. The van der Waals surface area contributed by atoms with Crippen LogP contribution in [0.25, 0.3) is 0 Å². The molecule has 96 valence electrons. The van der Waals surface area contributed by atoms with Crippen molar-refractivity contribution in [1.82, 2.24) is 4.90 Å². The molecule has 1 heteroatoms. The van der Waals surface area contributed by atoms with Crippen LogP contribution in [0.3, 0.4) is 0 Å². The van der Waals surface area contributed by atoms with Crippen LogP contribution >= 0.6 is 0 Å². The molecule has 16 heavy (non-hydrogen) atoms. The van der Waals surface area contributed by atoms with E-state index in [9.17, 15) is 0 Å². The predicted octanol–water partition coefficient (Wildman–Crippen LogP) is 4.32. The number of hydrogen-bond donors (Lipinski definition) is 0. The molecular formula is C15H31N. The zero-order valence-electron chi connectivity index (χ0n) is 12.8. The van der Waals surface area contributed by atoms with Crippen LogP contribution in [0.15, 0.2) is 0 Å². The maximum atomic E-state index is 2.74. The van der Waals surface area contributed by atoms with Gasteiger partial charge in [-0.1, -0.05) is 41.5 Å². The van der Waals surface area contributed by atoms with Gasteiger partial charge in [0.15, 0.2) is 0 Å². The van der Waals surface area contributed by atoms with Gasteiger partial charge in [0, 0.05) is 17.6 Å². The summed E-state index contributed by atoms with van der Waals surface area (Å²) in [6, 6.07) is 1.47. The van der Waals surface area contributed by atoms with Crippen molar-refractivity contribution in [2.24, 2.45) is 10.8 Å². The van der Waals surface area contributed by atoms with Gasteiger partial charge in [0.1, 0.15) is 0 Å². The Kier molecular flexibility index (Phi) is 3.27. The van der Waals surface area contributed by atoms with Gasteiger partial charge in [0.05, 0.1) is 0 Å². The quantitative estimate of drug-likeness (QED) is 0.593. The standard InChI is InChI=1S/C15H31N/c1-13(2,3)11-10-12(14(4,5)6)16(11)15(7,8)9/h11-12H,10H2,1-9H3. The molecule has 1 aliphatic rings. The highest BCUT2D eigenvalue weighted by Crippen LogP contribution is 2.48. The van der Waals surface area contributed by atoms with Gasteiger partial charge in [-0.15, -0.1) is 0 Å². The van der Waals surface area contributed by atoms with Crippen molar-refractivity contribution in [3.05, 3.63) is 0 Å². The van der Waals surface area contributed by atoms with Crippen molar-refractivity contribution in [2.45, 2.75) is 86.4 Å². The minimum atomic E-state index is 0.286. The van der Waals surface area contributed by atoms with E-state index in [0.29, 0.717) is 10.8 Å². The minimum absolute atomic E-state index is 0.286. The first kappa shape index (κ1) is 14.0. The Labute approximate surface area is 103 Å². The predicted molar refractivity (Wildman–Crippen MR) is 72.7 cm³/mol. The van der Waals surface area contributed by atoms with Gasteiger partial charge in [-0.2, -0.15) is 0 Å². The van der Waals surface area contributed by atoms with Crippen molar-refractivity contribution in [1.29, 1.82) is 0 Å². The summed E-state index contributed by atoms with van der Waals surface area (Å²) in [6.45, 7) is 21.3. The molecule has 0 aliphatic carbocycles. The summed E-state index contributed by atoms with van der Waals surface area (Å²) in [5.74, 6) is 0. The minimum Gasteiger partial charge on any atom is -0.291 e. The lowest BCUT2D eigenvalue weighted by Gasteiger charge is -2.63. The van der Waals surface area contributed by atoms with Gasteiger partial charge >= 0.3 is 0 Å². The van der Waals surface area contributed by atoms with E-state index in [4.69, 9.17) is 0 Å². The average Bonchev–Trinajstić information content (AvgIpc) is 1.68. The molecule has 0 spiro atoms. The Morgan fingerprint density at radius 1 is 0.688 bits per heavy atom. The van der Waals surface area contributed by atoms with Crippen LogP contribution in [0.5, 0.6) is 0 Å². The first-order chi connectivity index (χ1) is 6.85. The Morgan fingerprint density at radius 2 is 1.00 bits per heavy atom. The van der Waals surface area contributed by atoms with Crippen molar-refractivity contribution >= 4 is 0 Å². The zero-order valence-corrected chi connectivity index (χ0v) is 12.8. The first-order valence-corrected chi connectivity index (χ1v) is 6.63. The molecule has 1 saturated heterocycles. The van der Waals surface area contributed by atoms with Crippen molar-refractivity contribution in [3.8, 4) is 0 Å². The highest BCUT2D eigenvalue weighted by molar-refractivity contribution is 5.07. The molecule has 0 aromatic heterocycles. The normalized spacial score (nSPS) is 29.1. The fourth-order valence-corrected chi connectivity index (χ4v) is 2.99. The van der Waals surface area contributed by atoms with Gasteiger partial charge in [0.25, 0.3) is 0 Å². The lowest BCUT2D eigenvalue weighted by atomic mass is 9.66. The number of nitrogens with zero attached hydrogens (tertiary/aromatic N) is 1. The Morgan fingerprint density at radius 3 is 1.19 bits per heavy atom. The van der Waals surface area contributed by atoms with Gasteiger partial charge in [-0.3, -0.25) is 4.90 Å². The van der Waals surface area contributed by atoms with Gasteiger partial charge in [-0.25, -0.2) is 0 Å². The Balaban J connectivity index is 2.92. The molecule has 1 rings (SSSR count). The molecule has 1 aliphatic heterocycles. The van der Waals surface area contributed by atoms with Crippen molar-refractivity contribution < 1.29 is 0 Å². The summed E-state index contributed by atoms with van der Waals surface area (Å²) < 4.78 is 0. The molecule has 0 bridgehead atoms. The van der Waals surface area contributed by atoms with Crippen LogP contribution < -0.4 is 0 Å². The number of rotatable bonds is 0. The van der Waals surface area contributed by atoms with E-state index in [-0.39, 0.29) is 5.54 Å². The van der Waals surface area contributed by atoms with E-state index in [1.54, 1.807) is 0 Å². The fraction of sp³-hybridized carbons (Fsp3) is 1.00. The number of likely N-dealkylation sites (tertiary alicyclic amines) is 1. The van der Waals surface area contributed by atoms with Crippen LogP contribution in [0.4, 0.5) is 0 Å². The third-order valence-corrected chi connectivity index (χ3v) is 3.89. The SMILES string of the molecule is CC(C)(C)C1CC(C(C)(C)C)N1C(C)(C)C. The number of hydrogen-bond acceptors (Lipinski definition) is 1. The summed E-state index contributed by atoms with van der Waals surface area (Å²) >= 11 is 0. The molecule has 1 heterocycles. The van der Waals surface area contributed by atoms with Crippen molar-refractivity contribution in [3.63, 3.8) is 0 Å². The van der Waals surface area contributed by atoms with E-state index in [0.717, 1.165) is 12.1 Å². The maximum absolute atomic E-state index is 2.74. The molecule has 0 amide bonds. The van der Waals surface area contributed by atoms with Crippen LogP contribution in [-0.2, 0) is 0 Å². The van der Waals surface area contributed by atoms with Crippen LogP contribution in [0.2, 0.25) is 0 Å². The Hall–Kier alpha value is -0.0400. The maximum Gasteiger partial charge on any atom is 0.0167 e. The molecule has 1 fully saturated rings. The highest BCUT2D eigenvalue weighted by atomic mass is 15.3. The molecule has 0 radical (unpaired) electrons. The summed E-state index contributed by atoms with van der Waals surface area (Å²) in [6.07, 6.45) is 1.35. The molecular weight excluding hydrogens is 194 g/mol. The molecule has 0 saturated carbocycles. The second kappa shape index (κ2) is 3.73. The third kappa shape index (κ3) is 2.61. The summed E-state index contributed by atoms with van der Waals surface area (Å²) in [4.78, 5) is 2.74. The van der Waals surface area contributed by atoms with E-state index in [2.05, 4.69) is 67.2 Å². The van der Waals surface area contributed by atoms with Crippen molar-refractivity contribution in [2.75, 3.05) is 0 Å². The van der Waals surface area contributed by atoms with Gasteiger partial charge in [0.2, 0.25) is 0 Å². The van der Waals surface area contributed by atoms with E-state index in [1.165, 1.54) is 6.42 Å². The van der Waals surface area contributed by atoms with Gasteiger partial charge in [-0.05, 0) is 38.0 Å². The topological polar surface area (TPSA) is 3.24 Å². The van der Waals surface area contributed by atoms with Crippen LogP contribution in [-0.4, -0.2) is 22.5 Å². The smallest absolute Gasteiger partial charge is 0.0167 e. The lowest BCUT2D eigenvalue weighted by molar-refractivity contribution is -0.140. The van der Waals surface area contributed by atoms with Crippen LogP contribution in [0, 0.1) is 10.8 Å². The monoisotopic (exact) mass is 225 g/mol. The first-order valence-electron chi connectivity index (χ1n) is 6.63. The second-order valence-corrected chi connectivity index (χ2v) is 8.58. The molecule has 0 N–H and O–H groups in total. The van der Waals surface area contributed by atoms with E-state index >= 15 is 0 Å². The molecule has 0 aromatic rings. The molecule has 2 unspecified atom stereocenters. The summed E-state index contributed by atoms with van der Waals surface area (Å²) in [7, 11) is 0. The second-order valence-electron chi connectivity index (χ2n) is 8.58. The largest absolute Gasteiger partial charge is 0.291 e. The highest BCUT2D eigenvalue weighted by Gasteiger charge is 2.52. The Bertz CT molecular complexity index is 226. The summed E-state index contributed by atoms with van der Waals surface area (Å²) in [5, 5.41) is 0. The third-order valence-electron chi connectivity index (χ3n) is 3.89. The fourth-order valence-electron chi connectivity index (χ4n) is 2.99. The van der Waals surface area contributed by atoms with Gasteiger partial charge < -0.3 is 0 Å². The van der Waals surface area contributed by atoms with E-state index < -0.39 is 0 Å². The van der Waals surface area contributed by atoms with Crippen LogP contribution in [0.1, 0.15) is 68.7 Å². The zero-order chi connectivity index (χ0) is 12.9. The molecule has 1 nitrogen and oxygen atoms in total. The molecule has 0 aromatic carbocycles. The summed E-state index contributed by atoms with van der Waals surface area (Å²) in [5.41, 5.74) is 1.08. The van der Waals surface area contributed by atoms with E-state index in [1.807, 2.05) is 0 Å². The lowest BCUT2D eigenvalue weighted by Crippen LogP contribution is -2.70. The molecule has 2 atom stereocenters.